The SMILES string of the molecule is CO[C@H]1[C@H](C)OC(=O)[C@@H](N(C(=O)OC(C)(C)C)C(=O)OC(C)(C)C)CCCC[C@@H]1OC1CCCC1. The third-order valence-corrected chi connectivity index (χ3v) is 6.05. The number of hydrogen-bond acceptors (Lipinski definition) is 8. The number of carbonyl (C=O) groups excluding carboxylic acids is 3. The number of esters is 1. The van der Waals surface area contributed by atoms with Gasteiger partial charge >= 0.3 is 18.2 Å². The van der Waals surface area contributed by atoms with Gasteiger partial charge < -0.3 is 23.7 Å². The van der Waals surface area contributed by atoms with Crippen LogP contribution in [0.2, 0.25) is 0 Å². The average molecular weight is 500 g/mol. The molecule has 0 spiro atoms. The zero-order valence-electron chi connectivity index (χ0n) is 22.8. The van der Waals surface area contributed by atoms with Crippen molar-refractivity contribution in [3.05, 3.63) is 0 Å². The molecule has 35 heavy (non-hydrogen) atoms. The molecule has 0 bridgehead atoms. The topological polar surface area (TPSA) is 101 Å². The van der Waals surface area contributed by atoms with E-state index in [0.717, 1.165) is 43.4 Å². The minimum atomic E-state index is -1.17. The first-order valence-corrected chi connectivity index (χ1v) is 12.9. The Morgan fingerprint density at radius 1 is 0.857 bits per heavy atom. The van der Waals surface area contributed by atoms with E-state index in [-0.39, 0.29) is 18.6 Å². The molecule has 1 aliphatic carbocycles. The van der Waals surface area contributed by atoms with Crippen LogP contribution in [0.15, 0.2) is 0 Å². The first-order valence-electron chi connectivity index (χ1n) is 12.9. The van der Waals surface area contributed by atoms with E-state index >= 15 is 0 Å². The molecule has 2 rings (SSSR count). The van der Waals surface area contributed by atoms with Gasteiger partial charge in [0.25, 0.3) is 0 Å². The van der Waals surface area contributed by atoms with E-state index in [2.05, 4.69) is 0 Å². The minimum absolute atomic E-state index is 0.199. The number of cyclic esters (lactones) is 1. The summed E-state index contributed by atoms with van der Waals surface area (Å²) in [5, 5.41) is 0. The molecule has 4 atom stereocenters. The first kappa shape index (κ1) is 29.4. The van der Waals surface area contributed by atoms with Crippen molar-refractivity contribution in [2.24, 2.45) is 0 Å². The van der Waals surface area contributed by atoms with Gasteiger partial charge in [0.15, 0.2) is 0 Å². The first-order chi connectivity index (χ1) is 16.2. The van der Waals surface area contributed by atoms with E-state index in [1.165, 1.54) is 0 Å². The van der Waals surface area contributed by atoms with Crippen molar-refractivity contribution in [1.82, 2.24) is 4.90 Å². The summed E-state index contributed by atoms with van der Waals surface area (Å²) in [6, 6.07) is -1.17. The highest BCUT2D eigenvalue weighted by Gasteiger charge is 2.43. The van der Waals surface area contributed by atoms with Gasteiger partial charge in [-0.1, -0.05) is 25.7 Å². The van der Waals surface area contributed by atoms with Crippen LogP contribution in [0.25, 0.3) is 0 Å². The van der Waals surface area contributed by atoms with Crippen LogP contribution in [-0.2, 0) is 28.5 Å². The second kappa shape index (κ2) is 12.4. The third kappa shape index (κ3) is 9.26. The summed E-state index contributed by atoms with van der Waals surface area (Å²) in [5.41, 5.74) is -1.73. The number of nitrogens with zero attached hydrogens (tertiary/aromatic N) is 1. The predicted octanol–water partition coefficient (Wildman–Crippen LogP) is 5.38. The molecule has 9 heteroatoms. The zero-order valence-corrected chi connectivity index (χ0v) is 22.8. The Bertz CT molecular complexity index is 692. The molecule has 0 aromatic rings. The smallest absolute Gasteiger partial charge is 0.420 e. The number of ether oxygens (including phenoxy) is 5. The lowest BCUT2D eigenvalue weighted by Gasteiger charge is -2.36. The van der Waals surface area contributed by atoms with Gasteiger partial charge in [0.2, 0.25) is 0 Å². The molecule has 202 valence electrons. The molecule has 2 fully saturated rings. The second-order valence-electron chi connectivity index (χ2n) is 11.6. The third-order valence-electron chi connectivity index (χ3n) is 6.05. The van der Waals surface area contributed by atoms with Gasteiger partial charge in [0, 0.05) is 7.11 Å². The summed E-state index contributed by atoms with van der Waals surface area (Å²) in [7, 11) is 1.58. The summed E-state index contributed by atoms with van der Waals surface area (Å²) in [4.78, 5) is 40.3. The van der Waals surface area contributed by atoms with Crippen molar-refractivity contribution < 1.29 is 38.1 Å². The summed E-state index contributed by atoms with van der Waals surface area (Å²) in [6.07, 6.45) is 3.68. The van der Waals surface area contributed by atoms with Gasteiger partial charge in [0.05, 0.1) is 12.2 Å². The van der Waals surface area contributed by atoms with Crippen LogP contribution in [0.5, 0.6) is 0 Å². The standard InChI is InChI=1S/C26H45NO8/c1-17-21(31-8)20(33-18-13-9-10-14-18)16-12-11-15-19(22(28)32-17)27(23(29)34-25(2,3)4)24(30)35-26(5,6)7/h17-21H,9-16H2,1-8H3/t17-,19-,20-,21-/m0/s1. The normalized spacial score (nSPS) is 27.1. The number of carbonyl (C=O) groups is 3. The van der Waals surface area contributed by atoms with Crippen molar-refractivity contribution in [3.63, 3.8) is 0 Å². The van der Waals surface area contributed by atoms with E-state index in [4.69, 9.17) is 23.7 Å². The van der Waals surface area contributed by atoms with Gasteiger partial charge in [-0.2, -0.15) is 4.90 Å². The number of methoxy groups -OCH3 is 1. The molecule has 1 saturated carbocycles. The summed E-state index contributed by atoms with van der Waals surface area (Å²) in [6.45, 7) is 11.9. The van der Waals surface area contributed by atoms with Crippen LogP contribution < -0.4 is 0 Å². The van der Waals surface area contributed by atoms with Gasteiger partial charge in [-0.25, -0.2) is 14.4 Å². The van der Waals surface area contributed by atoms with Crippen LogP contribution in [-0.4, -0.2) is 71.8 Å². The average Bonchev–Trinajstić information content (AvgIpc) is 3.20. The Balaban J connectivity index is 2.27. The maximum atomic E-state index is 13.4. The number of imide groups is 1. The quantitative estimate of drug-likeness (QED) is 0.376. The summed E-state index contributed by atoms with van der Waals surface area (Å²) < 4.78 is 28.8. The molecule has 9 nitrogen and oxygen atoms in total. The highest BCUT2D eigenvalue weighted by Crippen LogP contribution is 2.29. The molecular weight excluding hydrogens is 454 g/mol. The van der Waals surface area contributed by atoms with E-state index < -0.39 is 47.6 Å². The fourth-order valence-electron chi connectivity index (χ4n) is 4.54. The van der Waals surface area contributed by atoms with Crippen LogP contribution in [0.4, 0.5) is 9.59 Å². The summed E-state index contributed by atoms with van der Waals surface area (Å²) >= 11 is 0. The van der Waals surface area contributed by atoms with Gasteiger partial charge in [-0.05, 0) is 74.1 Å². The molecule has 1 saturated heterocycles. The van der Waals surface area contributed by atoms with Crippen LogP contribution >= 0.6 is 0 Å². The van der Waals surface area contributed by atoms with Gasteiger partial charge in [-0.3, -0.25) is 0 Å². The van der Waals surface area contributed by atoms with Crippen molar-refractivity contribution >= 4 is 18.2 Å². The molecular formula is C26H45NO8. The number of rotatable bonds is 4. The number of hydrogen-bond donors (Lipinski definition) is 0. The molecule has 1 heterocycles. The van der Waals surface area contributed by atoms with E-state index in [9.17, 15) is 14.4 Å². The van der Waals surface area contributed by atoms with Gasteiger partial charge in [0.1, 0.15) is 29.5 Å². The highest BCUT2D eigenvalue weighted by molar-refractivity contribution is 5.94. The molecule has 0 aromatic heterocycles. The Morgan fingerprint density at radius 2 is 1.34 bits per heavy atom. The van der Waals surface area contributed by atoms with Crippen molar-refractivity contribution in [2.75, 3.05) is 7.11 Å². The Hall–Kier alpha value is -1.87. The lowest BCUT2D eigenvalue weighted by Crippen LogP contribution is -2.54. The van der Waals surface area contributed by atoms with Crippen LogP contribution in [0, 0.1) is 0 Å². The molecule has 0 radical (unpaired) electrons. The lowest BCUT2D eigenvalue weighted by molar-refractivity contribution is -0.174. The van der Waals surface area contributed by atoms with E-state index in [1.807, 2.05) is 0 Å². The molecule has 2 aliphatic rings. The Labute approximate surface area is 210 Å². The fraction of sp³-hybridized carbons (Fsp3) is 0.885. The van der Waals surface area contributed by atoms with Gasteiger partial charge in [-0.15, -0.1) is 0 Å². The largest absolute Gasteiger partial charge is 0.458 e. The minimum Gasteiger partial charge on any atom is -0.458 e. The molecule has 0 N–H and O–H groups in total. The number of amides is 2. The monoisotopic (exact) mass is 499 g/mol. The zero-order chi connectivity index (χ0) is 26.4. The highest BCUT2D eigenvalue weighted by atomic mass is 16.6. The van der Waals surface area contributed by atoms with Crippen LogP contribution in [0.3, 0.4) is 0 Å². The lowest BCUT2D eigenvalue weighted by atomic mass is 9.98. The fourth-order valence-corrected chi connectivity index (χ4v) is 4.54. The van der Waals surface area contributed by atoms with E-state index in [1.54, 1.807) is 55.6 Å². The molecule has 0 aromatic carbocycles. The van der Waals surface area contributed by atoms with Crippen molar-refractivity contribution in [2.45, 2.75) is 141 Å². The molecule has 1 aliphatic heterocycles. The van der Waals surface area contributed by atoms with E-state index in [0.29, 0.717) is 6.42 Å². The van der Waals surface area contributed by atoms with Crippen LogP contribution in [0.1, 0.15) is 99.8 Å². The predicted molar refractivity (Wildman–Crippen MR) is 130 cm³/mol. The Morgan fingerprint density at radius 3 is 1.83 bits per heavy atom. The van der Waals surface area contributed by atoms with Crippen molar-refractivity contribution in [1.29, 1.82) is 0 Å². The second-order valence-corrected chi connectivity index (χ2v) is 11.6. The van der Waals surface area contributed by atoms with Crippen molar-refractivity contribution in [3.8, 4) is 0 Å². The molecule has 2 amide bonds. The Kier molecular flexibility index (Phi) is 10.4. The maximum absolute atomic E-state index is 13.4. The summed E-state index contributed by atoms with van der Waals surface area (Å²) in [5.74, 6) is -0.696. The maximum Gasteiger partial charge on any atom is 0.420 e. The molecule has 0 unspecified atom stereocenters.